The maximum Gasteiger partial charge on any atom is 1.00 e. The number of aliphatic hydroxyl groups is 1. The molecular formula is C11H17KO7. The van der Waals surface area contributed by atoms with E-state index in [-0.39, 0.29) is 77.4 Å². The van der Waals surface area contributed by atoms with Crippen LogP contribution < -0.4 is 56.5 Å². The molecule has 0 bridgehead atoms. The minimum absolute atomic E-state index is 0. The Morgan fingerprint density at radius 3 is 2.37 bits per heavy atom. The first-order valence-corrected chi connectivity index (χ1v) is 5.58. The van der Waals surface area contributed by atoms with Gasteiger partial charge in [-0.15, -0.1) is 0 Å². The van der Waals surface area contributed by atoms with E-state index in [2.05, 4.69) is 4.74 Å². The van der Waals surface area contributed by atoms with Crippen molar-refractivity contribution < 1.29 is 85.5 Å². The van der Waals surface area contributed by atoms with Crippen molar-refractivity contribution in [3.8, 4) is 0 Å². The van der Waals surface area contributed by atoms with Gasteiger partial charge in [-0.3, -0.25) is 9.59 Å². The number of hydrogen-bond donors (Lipinski definition) is 1. The molecule has 8 heteroatoms. The smallest absolute Gasteiger partial charge is 0.550 e. The van der Waals surface area contributed by atoms with E-state index < -0.39 is 30.4 Å². The molecule has 1 atom stereocenters. The van der Waals surface area contributed by atoms with Gasteiger partial charge in [0.05, 0.1) is 19.3 Å². The van der Waals surface area contributed by atoms with Crippen LogP contribution in [0.15, 0.2) is 0 Å². The molecular weight excluding hydrogens is 283 g/mol. The largest absolute Gasteiger partial charge is 1.00 e. The zero-order valence-electron chi connectivity index (χ0n) is 11.2. The van der Waals surface area contributed by atoms with Crippen molar-refractivity contribution in [3.63, 3.8) is 0 Å². The number of esters is 2. The summed E-state index contributed by atoms with van der Waals surface area (Å²) in [5.74, 6) is -2.24. The van der Waals surface area contributed by atoms with E-state index in [1.54, 1.807) is 0 Å². The van der Waals surface area contributed by atoms with E-state index in [0.29, 0.717) is 6.42 Å². The minimum Gasteiger partial charge on any atom is -0.550 e. The first-order valence-electron chi connectivity index (χ1n) is 5.58. The molecule has 104 valence electrons. The molecule has 0 aliphatic carbocycles. The zero-order chi connectivity index (χ0) is 14.0. The third-order valence-electron chi connectivity index (χ3n) is 1.95. The first kappa shape index (κ1) is 21.3. The maximum absolute atomic E-state index is 11.1. The van der Waals surface area contributed by atoms with Gasteiger partial charge >= 0.3 is 63.3 Å². The number of aliphatic hydroxyl groups excluding tert-OH is 1. The molecule has 0 fully saturated rings. The van der Waals surface area contributed by atoms with Gasteiger partial charge in [-0.25, -0.2) is 0 Å². The summed E-state index contributed by atoms with van der Waals surface area (Å²) in [4.78, 5) is 31.6. The van der Waals surface area contributed by atoms with Crippen LogP contribution in [0.1, 0.15) is 32.6 Å². The van der Waals surface area contributed by atoms with Gasteiger partial charge < -0.3 is 24.5 Å². The van der Waals surface area contributed by atoms with Crippen LogP contribution >= 0.6 is 0 Å². The number of rotatable bonds is 9. The van der Waals surface area contributed by atoms with Crippen molar-refractivity contribution >= 4 is 17.9 Å². The van der Waals surface area contributed by atoms with Gasteiger partial charge in [-0.1, -0.05) is 0 Å². The Balaban J connectivity index is 0. The fraction of sp³-hybridized carbons (Fsp3) is 0.727. The van der Waals surface area contributed by atoms with Crippen molar-refractivity contribution in [3.05, 3.63) is 0 Å². The van der Waals surface area contributed by atoms with Gasteiger partial charge in [0.15, 0.2) is 0 Å². The standard InChI is InChI=1S/C11H18O7.K/c1-8(12)17-5-2-3-11(16)18-6-4-9(13)7-10(14)15;/h9,13H,2-7H2,1H3,(H,14,15);/q;+1/p-1. The normalized spacial score (nSPS) is 11.1. The van der Waals surface area contributed by atoms with E-state index in [9.17, 15) is 19.5 Å². The van der Waals surface area contributed by atoms with E-state index in [4.69, 9.17) is 9.84 Å². The van der Waals surface area contributed by atoms with Crippen molar-refractivity contribution in [2.75, 3.05) is 13.2 Å². The molecule has 0 aromatic rings. The average molecular weight is 300 g/mol. The molecule has 0 rings (SSSR count). The summed E-state index contributed by atoms with van der Waals surface area (Å²) in [7, 11) is 0. The van der Waals surface area contributed by atoms with Gasteiger partial charge in [0, 0.05) is 32.2 Å². The Labute approximate surface area is 154 Å². The van der Waals surface area contributed by atoms with Crippen molar-refractivity contribution in [1.82, 2.24) is 0 Å². The SMILES string of the molecule is CC(=O)OCCCC(=O)OCCC(O)CC(=O)[O-].[K+]. The summed E-state index contributed by atoms with van der Waals surface area (Å²) in [6, 6.07) is 0. The predicted molar refractivity (Wildman–Crippen MR) is 57.1 cm³/mol. The van der Waals surface area contributed by atoms with E-state index in [0.717, 1.165) is 0 Å². The van der Waals surface area contributed by atoms with Gasteiger partial charge in [-0.05, 0) is 6.42 Å². The summed E-state index contributed by atoms with van der Waals surface area (Å²) in [6.45, 7) is 1.37. The van der Waals surface area contributed by atoms with E-state index in [1.807, 2.05) is 0 Å². The van der Waals surface area contributed by atoms with Crippen molar-refractivity contribution in [2.24, 2.45) is 0 Å². The molecule has 0 heterocycles. The van der Waals surface area contributed by atoms with Crippen molar-refractivity contribution in [1.29, 1.82) is 0 Å². The molecule has 0 aromatic heterocycles. The third kappa shape index (κ3) is 16.0. The van der Waals surface area contributed by atoms with Crippen LogP contribution in [0.2, 0.25) is 0 Å². The fourth-order valence-electron chi connectivity index (χ4n) is 1.11. The average Bonchev–Trinajstić information content (AvgIpc) is 2.23. The quantitative estimate of drug-likeness (QED) is 0.261. The van der Waals surface area contributed by atoms with Gasteiger partial charge in [0.1, 0.15) is 0 Å². The Bertz CT molecular complexity index is 293. The molecule has 0 amide bonds. The van der Waals surface area contributed by atoms with Crippen LogP contribution in [-0.4, -0.2) is 42.3 Å². The molecule has 0 aliphatic heterocycles. The topological polar surface area (TPSA) is 113 Å². The fourth-order valence-corrected chi connectivity index (χ4v) is 1.11. The molecule has 19 heavy (non-hydrogen) atoms. The molecule has 0 saturated carbocycles. The Kier molecular flexibility index (Phi) is 14.6. The second-order valence-electron chi connectivity index (χ2n) is 3.68. The number of aliphatic carboxylic acids is 1. The molecule has 7 nitrogen and oxygen atoms in total. The van der Waals surface area contributed by atoms with E-state index >= 15 is 0 Å². The van der Waals surface area contributed by atoms with Crippen LogP contribution in [0.4, 0.5) is 0 Å². The second kappa shape index (κ2) is 13.0. The van der Waals surface area contributed by atoms with E-state index in [1.165, 1.54) is 6.92 Å². The second-order valence-corrected chi connectivity index (χ2v) is 3.68. The van der Waals surface area contributed by atoms with Crippen LogP contribution in [0, 0.1) is 0 Å². The number of hydrogen-bond acceptors (Lipinski definition) is 7. The minimum atomic E-state index is -1.35. The Morgan fingerprint density at radius 2 is 1.84 bits per heavy atom. The zero-order valence-corrected chi connectivity index (χ0v) is 14.3. The van der Waals surface area contributed by atoms with Gasteiger partial charge in [0.25, 0.3) is 0 Å². The predicted octanol–water partition coefficient (Wildman–Crippen LogP) is -4.23. The number of carboxylic acid groups (broad SMARTS) is 1. The molecule has 0 saturated heterocycles. The summed E-state index contributed by atoms with van der Waals surface area (Å²) >= 11 is 0. The molecule has 0 aliphatic rings. The van der Waals surface area contributed by atoms with Crippen LogP contribution in [0.3, 0.4) is 0 Å². The Hall–Kier alpha value is 0.00636. The molecule has 0 spiro atoms. The third-order valence-corrected chi connectivity index (χ3v) is 1.95. The van der Waals surface area contributed by atoms with Gasteiger partial charge in [0.2, 0.25) is 0 Å². The first-order chi connectivity index (χ1) is 8.41. The number of ether oxygens (including phenoxy) is 2. The summed E-state index contributed by atoms with van der Waals surface area (Å²) in [6.07, 6.45) is -1.05. The van der Waals surface area contributed by atoms with Crippen LogP contribution in [0.5, 0.6) is 0 Å². The van der Waals surface area contributed by atoms with Crippen molar-refractivity contribution in [2.45, 2.75) is 38.7 Å². The molecule has 0 radical (unpaired) electrons. The molecule has 1 unspecified atom stereocenters. The van der Waals surface area contributed by atoms with Crippen LogP contribution in [-0.2, 0) is 23.9 Å². The number of carbonyl (C=O) groups excluding carboxylic acids is 3. The monoisotopic (exact) mass is 300 g/mol. The summed E-state index contributed by atoms with van der Waals surface area (Å²) in [5.41, 5.74) is 0. The maximum atomic E-state index is 11.1. The Morgan fingerprint density at radius 1 is 1.21 bits per heavy atom. The molecule has 1 N–H and O–H groups in total. The van der Waals surface area contributed by atoms with Crippen LogP contribution in [0.25, 0.3) is 0 Å². The summed E-state index contributed by atoms with van der Waals surface area (Å²) < 4.78 is 9.37. The number of carbonyl (C=O) groups is 3. The van der Waals surface area contributed by atoms with Gasteiger partial charge in [-0.2, -0.15) is 0 Å². The summed E-state index contributed by atoms with van der Waals surface area (Å²) in [5, 5.41) is 19.3. The number of carboxylic acids is 1. The molecule has 0 aromatic carbocycles.